The average Bonchev–Trinajstić information content (AvgIpc) is 3.80. The highest BCUT2D eigenvalue weighted by atomic mass is 35.5. The van der Waals surface area contributed by atoms with Crippen molar-refractivity contribution in [1.82, 2.24) is 19.4 Å². The number of hydrogen-bond donors (Lipinski definition) is 1. The fourth-order valence-electron chi connectivity index (χ4n) is 5.56. The first-order valence-corrected chi connectivity index (χ1v) is 15.8. The van der Waals surface area contributed by atoms with Crippen molar-refractivity contribution >= 4 is 62.5 Å². The van der Waals surface area contributed by atoms with E-state index < -0.39 is 34.2 Å². The number of piperazine rings is 1. The highest BCUT2D eigenvalue weighted by Gasteiger charge is 2.56. The minimum atomic E-state index is -4.29. The van der Waals surface area contributed by atoms with Crippen LogP contribution in [0.2, 0.25) is 15.1 Å². The standard InChI is InChI=1S/C27H27Cl3N4O5S/c28-17-3-1-2-15(10-17)11-22-27(37)32(19-7-8-19)14-24-33(40(38,39)23-9-6-18(29)12-20(23)30)13-21(26(36)34(22)24)31-25(35)16-4-5-16/h1-3,6,9-10,12,16,19,21-22,24H,4-5,7-8,11,13-14H2,(H,31,35). The molecule has 4 fully saturated rings. The van der Waals surface area contributed by atoms with Gasteiger partial charge in [0, 0.05) is 35.0 Å². The van der Waals surface area contributed by atoms with Crippen molar-refractivity contribution in [2.45, 2.75) is 61.3 Å². The minimum Gasteiger partial charge on any atom is -0.343 e. The lowest BCUT2D eigenvalue weighted by atomic mass is 9.97. The largest absolute Gasteiger partial charge is 0.343 e. The fraction of sp³-hybridized carbons (Fsp3) is 0.444. The van der Waals surface area contributed by atoms with E-state index in [1.54, 1.807) is 23.1 Å². The number of carbonyl (C=O) groups is 3. The van der Waals surface area contributed by atoms with E-state index in [1.807, 2.05) is 6.07 Å². The van der Waals surface area contributed by atoms with Crippen molar-refractivity contribution in [1.29, 1.82) is 0 Å². The van der Waals surface area contributed by atoms with Crippen LogP contribution in [0.4, 0.5) is 0 Å². The molecule has 3 unspecified atom stereocenters. The maximum atomic E-state index is 14.2. The minimum absolute atomic E-state index is 0.0115. The molecular weight excluding hydrogens is 599 g/mol. The van der Waals surface area contributed by atoms with E-state index in [0.29, 0.717) is 17.9 Å². The molecule has 4 aliphatic rings. The quantitative estimate of drug-likeness (QED) is 0.508. The van der Waals surface area contributed by atoms with E-state index in [0.717, 1.165) is 18.4 Å². The number of nitrogens with zero attached hydrogens (tertiary/aromatic N) is 3. The molecule has 1 N–H and O–H groups in total. The Bertz CT molecular complexity index is 1500. The Balaban J connectivity index is 1.44. The van der Waals surface area contributed by atoms with Crippen molar-refractivity contribution in [2.75, 3.05) is 13.1 Å². The molecule has 2 aliphatic carbocycles. The summed E-state index contributed by atoms with van der Waals surface area (Å²) in [5.74, 6) is -1.23. The van der Waals surface area contributed by atoms with Gasteiger partial charge in [0.25, 0.3) is 0 Å². The van der Waals surface area contributed by atoms with E-state index in [4.69, 9.17) is 34.8 Å². The number of benzene rings is 2. The Hall–Kier alpha value is -2.37. The van der Waals surface area contributed by atoms with Gasteiger partial charge in [-0.3, -0.25) is 14.4 Å². The second kappa shape index (κ2) is 10.5. The summed E-state index contributed by atoms with van der Waals surface area (Å²) in [6.45, 7) is -0.259. The number of sulfonamides is 1. The van der Waals surface area contributed by atoms with Crippen molar-refractivity contribution in [2.24, 2.45) is 5.92 Å². The van der Waals surface area contributed by atoms with Crippen LogP contribution >= 0.6 is 34.8 Å². The summed E-state index contributed by atoms with van der Waals surface area (Å²) in [6.07, 6.45) is 2.21. The van der Waals surface area contributed by atoms with Gasteiger partial charge in [0.1, 0.15) is 23.1 Å². The van der Waals surface area contributed by atoms with Crippen LogP contribution < -0.4 is 5.32 Å². The van der Waals surface area contributed by atoms with Crippen LogP contribution in [0.15, 0.2) is 47.4 Å². The second-order valence-electron chi connectivity index (χ2n) is 10.8. The van der Waals surface area contributed by atoms with Crippen LogP contribution in [-0.4, -0.2) is 77.6 Å². The fourth-order valence-corrected chi connectivity index (χ4v) is 8.11. The number of hydrogen-bond acceptors (Lipinski definition) is 5. The molecule has 0 spiro atoms. The molecule has 2 aliphatic heterocycles. The predicted molar refractivity (Wildman–Crippen MR) is 149 cm³/mol. The maximum absolute atomic E-state index is 14.2. The van der Waals surface area contributed by atoms with Crippen LogP contribution in [0, 0.1) is 5.92 Å². The van der Waals surface area contributed by atoms with Gasteiger partial charge in [0.15, 0.2) is 0 Å². The van der Waals surface area contributed by atoms with Gasteiger partial charge in [-0.05, 0) is 61.6 Å². The number of nitrogens with one attached hydrogen (secondary N) is 1. The number of amides is 3. The monoisotopic (exact) mass is 624 g/mol. The van der Waals surface area contributed by atoms with Crippen LogP contribution in [0.1, 0.15) is 31.2 Å². The van der Waals surface area contributed by atoms with Gasteiger partial charge in [-0.2, -0.15) is 4.31 Å². The third kappa shape index (κ3) is 5.20. The van der Waals surface area contributed by atoms with Gasteiger partial charge in [-0.1, -0.05) is 46.9 Å². The normalized spacial score (nSPS) is 25.6. The summed E-state index contributed by atoms with van der Waals surface area (Å²) in [7, 11) is -4.29. The number of carbonyl (C=O) groups excluding carboxylic acids is 3. The lowest BCUT2D eigenvalue weighted by molar-refractivity contribution is -0.168. The maximum Gasteiger partial charge on any atom is 0.248 e. The molecule has 40 heavy (non-hydrogen) atoms. The molecule has 3 atom stereocenters. The molecule has 2 aromatic carbocycles. The number of fused-ring (bicyclic) bond motifs is 1. The Labute approximate surface area is 247 Å². The van der Waals surface area contributed by atoms with E-state index in [2.05, 4.69) is 5.32 Å². The Kier molecular flexibility index (Phi) is 7.28. The van der Waals surface area contributed by atoms with E-state index in [1.165, 1.54) is 27.4 Å². The molecule has 6 rings (SSSR count). The van der Waals surface area contributed by atoms with Crippen molar-refractivity contribution in [3.05, 3.63) is 63.1 Å². The van der Waals surface area contributed by atoms with Crippen molar-refractivity contribution in [3.63, 3.8) is 0 Å². The van der Waals surface area contributed by atoms with E-state index in [9.17, 15) is 22.8 Å². The van der Waals surface area contributed by atoms with E-state index in [-0.39, 0.29) is 58.2 Å². The topological polar surface area (TPSA) is 107 Å². The van der Waals surface area contributed by atoms with Gasteiger partial charge >= 0.3 is 0 Å². The van der Waals surface area contributed by atoms with Crippen LogP contribution in [0.25, 0.3) is 0 Å². The first kappa shape index (κ1) is 27.8. The first-order chi connectivity index (χ1) is 19.0. The van der Waals surface area contributed by atoms with Crippen molar-refractivity contribution in [3.8, 4) is 0 Å². The summed E-state index contributed by atoms with van der Waals surface area (Å²) in [4.78, 5) is 43.5. The number of halogens is 3. The summed E-state index contributed by atoms with van der Waals surface area (Å²) >= 11 is 18.6. The highest BCUT2D eigenvalue weighted by Crippen LogP contribution is 2.38. The zero-order valence-electron chi connectivity index (χ0n) is 21.3. The third-order valence-corrected chi connectivity index (χ3v) is 10.7. The van der Waals surface area contributed by atoms with E-state index >= 15 is 0 Å². The van der Waals surface area contributed by atoms with Gasteiger partial charge in [-0.15, -0.1) is 0 Å². The van der Waals surface area contributed by atoms with Gasteiger partial charge < -0.3 is 15.1 Å². The smallest absolute Gasteiger partial charge is 0.248 e. The van der Waals surface area contributed by atoms with Gasteiger partial charge in [-0.25, -0.2) is 8.42 Å². The zero-order valence-corrected chi connectivity index (χ0v) is 24.4. The van der Waals surface area contributed by atoms with Crippen LogP contribution in [0.5, 0.6) is 0 Å². The lowest BCUT2D eigenvalue weighted by Crippen LogP contribution is -2.76. The highest BCUT2D eigenvalue weighted by molar-refractivity contribution is 7.89. The molecule has 212 valence electrons. The molecule has 2 aromatic rings. The molecule has 3 amide bonds. The third-order valence-electron chi connectivity index (χ3n) is 7.88. The molecule has 2 saturated carbocycles. The molecule has 13 heteroatoms. The second-order valence-corrected chi connectivity index (χ2v) is 13.9. The van der Waals surface area contributed by atoms with Crippen molar-refractivity contribution < 1.29 is 22.8 Å². The number of rotatable bonds is 7. The lowest BCUT2D eigenvalue weighted by Gasteiger charge is -2.53. The Morgan fingerprint density at radius 3 is 2.30 bits per heavy atom. The molecule has 2 saturated heterocycles. The molecule has 0 aromatic heterocycles. The van der Waals surface area contributed by atoms with Crippen LogP contribution in [-0.2, 0) is 30.8 Å². The average molecular weight is 626 g/mol. The zero-order chi connectivity index (χ0) is 28.3. The molecule has 9 nitrogen and oxygen atoms in total. The first-order valence-electron chi connectivity index (χ1n) is 13.2. The molecule has 0 bridgehead atoms. The van der Waals surface area contributed by atoms with Gasteiger partial charge in [0.05, 0.1) is 11.6 Å². The summed E-state index contributed by atoms with van der Waals surface area (Å²) in [5, 5.41) is 3.46. The molecule has 2 heterocycles. The summed E-state index contributed by atoms with van der Waals surface area (Å²) < 4.78 is 29.5. The van der Waals surface area contributed by atoms with Gasteiger partial charge in [0.2, 0.25) is 27.7 Å². The molecular formula is C27H27Cl3N4O5S. The Morgan fingerprint density at radius 2 is 1.65 bits per heavy atom. The molecule has 0 radical (unpaired) electrons. The van der Waals surface area contributed by atoms with Crippen LogP contribution in [0.3, 0.4) is 0 Å². The summed E-state index contributed by atoms with van der Waals surface area (Å²) in [6, 6.07) is 8.97. The SMILES string of the molecule is O=C(NC1CN(S(=O)(=O)c2ccc(Cl)cc2Cl)C2CN(C3CC3)C(=O)C(Cc3cccc(Cl)c3)N2C1=O)C1CC1. The Morgan fingerprint density at radius 1 is 0.925 bits per heavy atom. The summed E-state index contributed by atoms with van der Waals surface area (Å²) in [5.41, 5.74) is 0.731. The predicted octanol–water partition coefficient (Wildman–Crippen LogP) is 3.32.